The molecule has 1 aliphatic heterocycles. The molecular formula is C41H53N5O13. The van der Waals surface area contributed by atoms with Crippen LogP contribution in [0.3, 0.4) is 0 Å². The lowest BCUT2D eigenvalue weighted by Gasteiger charge is -2.25. The van der Waals surface area contributed by atoms with Crippen molar-refractivity contribution in [3.8, 4) is 11.5 Å². The maximum Gasteiger partial charge on any atom is 0.411 e. The SMILES string of the molecule is C=CCOC(=O)NC(C(=O)NC(C)C(=O)Nc1ccc(COC(=O)Nc2cc(OCCCC(=O)OC)c(OC)cc2C(=O)N2CC(=C)CC2COC(C)=O)cc1)C(C)C. The molecule has 3 unspecified atom stereocenters. The predicted octanol–water partition coefficient (Wildman–Crippen LogP) is 4.49. The molecule has 0 saturated carbocycles. The Labute approximate surface area is 342 Å². The van der Waals surface area contributed by atoms with Crippen molar-refractivity contribution in [3.05, 3.63) is 72.3 Å². The molecule has 3 rings (SSSR count). The zero-order chi connectivity index (χ0) is 43.6. The van der Waals surface area contributed by atoms with Gasteiger partial charge >= 0.3 is 24.1 Å². The molecule has 5 amide bonds. The molecule has 1 saturated heterocycles. The Morgan fingerprint density at radius 2 is 1.61 bits per heavy atom. The molecule has 0 aromatic heterocycles. The van der Waals surface area contributed by atoms with E-state index in [4.69, 9.17) is 23.7 Å². The number of likely N-dealkylation sites (tertiary alicyclic amines) is 1. The molecule has 18 heteroatoms. The van der Waals surface area contributed by atoms with E-state index >= 15 is 0 Å². The Hall–Kier alpha value is -6.59. The van der Waals surface area contributed by atoms with Gasteiger partial charge in [0.15, 0.2) is 11.5 Å². The van der Waals surface area contributed by atoms with Crippen molar-refractivity contribution in [1.82, 2.24) is 15.5 Å². The Kier molecular flexibility index (Phi) is 18.2. The fourth-order valence-corrected chi connectivity index (χ4v) is 5.68. The van der Waals surface area contributed by atoms with Crippen LogP contribution in [0, 0.1) is 5.92 Å². The van der Waals surface area contributed by atoms with Gasteiger partial charge in [-0.2, -0.15) is 0 Å². The molecule has 2 aromatic rings. The van der Waals surface area contributed by atoms with E-state index in [0.29, 0.717) is 24.1 Å². The van der Waals surface area contributed by atoms with Crippen LogP contribution in [-0.4, -0.2) is 105 Å². The Morgan fingerprint density at radius 3 is 2.24 bits per heavy atom. The Bertz CT molecular complexity index is 1860. The first-order valence-electron chi connectivity index (χ1n) is 18.8. The minimum Gasteiger partial charge on any atom is -0.493 e. The molecule has 0 aliphatic carbocycles. The van der Waals surface area contributed by atoms with Crippen molar-refractivity contribution >= 4 is 53.2 Å². The van der Waals surface area contributed by atoms with Gasteiger partial charge in [-0.3, -0.25) is 29.3 Å². The summed E-state index contributed by atoms with van der Waals surface area (Å²) in [5, 5.41) is 10.4. The molecule has 59 heavy (non-hydrogen) atoms. The second-order valence-corrected chi connectivity index (χ2v) is 13.8. The van der Waals surface area contributed by atoms with Crippen molar-refractivity contribution in [2.75, 3.05) is 51.2 Å². The minimum absolute atomic E-state index is 0.0278. The average molecular weight is 824 g/mol. The number of nitrogens with one attached hydrogen (secondary N) is 4. The van der Waals surface area contributed by atoms with Crippen LogP contribution in [-0.2, 0) is 44.7 Å². The van der Waals surface area contributed by atoms with Gasteiger partial charge in [0.2, 0.25) is 11.8 Å². The number of benzene rings is 2. The molecule has 1 aliphatic rings. The lowest BCUT2D eigenvalue weighted by atomic mass is 10.0. The van der Waals surface area contributed by atoms with Gasteiger partial charge in [-0.15, -0.1) is 0 Å². The van der Waals surface area contributed by atoms with E-state index in [1.54, 1.807) is 38.1 Å². The third-order valence-electron chi connectivity index (χ3n) is 8.78. The average Bonchev–Trinajstić information content (AvgIpc) is 3.58. The summed E-state index contributed by atoms with van der Waals surface area (Å²) in [5.41, 5.74) is 1.78. The zero-order valence-electron chi connectivity index (χ0n) is 34.2. The Morgan fingerprint density at radius 1 is 0.898 bits per heavy atom. The lowest BCUT2D eigenvalue weighted by molar-refractivity contribution is -0.142. The van der Waals surface area contributed by atoms with Crippen molar-refractivity contribution in [2.45, 2.75) is 71.7 Å². The number of hydrogen-bond acceptors (Lipinski definition) is 13. The topological polar surface area (TPSA) is 226 Å². The lowest BCUT2D eigenvalue weighted by Crippen LogP contribution is -2.53. The molecule has 1 heterocycles. The van der Waals surface area contributed by atoms with E-state index in [9.17, 15) is 33.6 Å². The number of alkyl carbamates (subject to hydrolysis) is 1. The summed E-state index contributed by atoms with van der Waals surface area (Å²) in [4.78, 5) is 89.6. The predicted molar refractivity (Wildman–Crippen MR) is 215 cm³/mol. The molecule has 0 bridgehead atoms. The van der Waals surface area contributed by atoms with Gasteiger partial charge in [-0.05, 0) is 49.4 Å². The van der Waals surface area contributed by atoms with Gasteiger partial charge < -0.3 is 49.3 Å². The van der Waals surface area contributed by atoms with E-state index in [2.05, 4.69) is 39.2 Å². The van der Waals surface area contributed by atoms with Gasteiger partial charge in [0.1, 0.15) is 31.9 Å². The molecule has 0 spiro atoms. The van der Waals surface area contributed by atoms with Crippen LogP contribution in [0.15, 0.2) is 61.2 Å². The van der Waals surface area contributed by atoms with Gasteiger partial charge in [0, 0.05) is 31.6 Å². The Balaban J connectivity index is 1.70. The van der Waals surface area contributed by atoms with Gasteiger partial charge in [-0.1, -0.05) is 50.8 Å². The van der Waals surface area contributed by atoms with E-state index in [1.165, 1.54) is 51.2 Å². The van der Waals surface area contributed by atoms with Crippen LogP contribution >= 0.6 is 0 Å². The monoisotopic (exact) mass is 823 g/mol. The summed E-state index contributed by atoms with van der Waals surface area (Å²) >= 11 is 0. The van der Waals surface area contributed by atoms with Crippen LogP contribution in [0.1, 0.15) is 62.9 Å². The summed E-state index contributed by atoms with van der Waals surface area (Å²) in [6.45, 7) is 13.7. The van der Waals surface area contributed by atoms with Crippen LogP contribution in [0.25, 0.3) is 0 Å². The summed E-state index contributed by atoms with van der Waals surface area (Å²) in [6.07, 6.45) is 0.526. The number of carbonyl (C=O) groups excluding carboxylic acids is 7. The fourth-order valence-electron chi connectivity index (χ4n) is 5.68. The largest absolute Gasteiger partial charge is 0.493 e. The molecule has 320 valence electrons. The van der Waals surface area contributed by atoms with Crippen molar-refractivity contribution < 1.29 is 62.0 Å². The van der Waals surface area contributed by atoms with E-state index in [1.807, 2.05) is 0 Å². The number of nitrogens with zero attached hydrogens (tertiary/aromatic N) is 1. The zero-order valence-corrected chi connectivity index (χ0v) is 34.2. The first kappa shape index (κ1) is 46.8. The number of methoxy groups -OCH3 is 2. The van der Waals surface area contributed by atoms with Crippen LogP contribution < -0.4 is 30.7 Å². The van der Waals surface area contributed by atoms with E-state index < -0.39 is 60.0 Å². The number of rotatable bonds is 20. The highest BCUT2D eigenvalue weighted by Gasteiger charge is 2.34. The minimum atomic E-state index is -0.967. The van der Waals surface area contributed by atoms with Gasteiger partial charge in [0.25, 0.3) is 5.91 Å². The molecule has 2 aromatic carbocycles. The quantitative estimate of drug-likeness (QED) is 0.0626. The number of ether oxygens (including phenoxy) is 6. The smallest absolute Gasteiger partial charge is 0.411 e. The van der Waals surface area contributed by atoms with Crippen LogP contribution in [0.4, 0.5) is 21.0 Å². The van der Waals surface area contributed by atoms with Gasteiger partial charge in [0.05, 0.1) is 38.1 Å². The molecule has 1 fully saturated rings. The standard InChI is InChI=1S/C41H53N5O13/c1-9-16-57-41(53)45-36(24(2)3)38(50)42-26(5)37(49)43-29-14-12-28(13-15-29)22-59-40(52)44-32-20-34(56-17-10-11-35(48)55-8)33(54-7)19-31(32)39(51)46-21-25(4)18-30(46)23-58-27(6)47/h9,12-15,19-20,24,26,30,36H,1,4,10-11,16-18,21-23H2,2-3,5-8H3,(H,42,50)(H,43,49)(H,44,52)(H,45,53). The third kappa shape index (κ3) is 14.7. The van der Waals surface area contributed by atoms with Gasteiger partial charge in [-0.25, -0.2) is 9.59 Å². The molecule has 3 atom stereocenters. The third-order valence-corrected chi connectivity index (χ3v) is 8.78. The highest BCUT2D eigenvalue weighted by molar-refractivity contribution is 6.04. The van der Waals surface area contributed by atoms with Crippen molar-refractivity contribution in [3.63, 3.8) is 0 Å². The number of carbonyl (C=O) groups is 7. The fraction of sp³-hybridized carbons (Fsp3) is 0.439. The molecular weight excluding hydrogens is 770 g/mol. The second-order valence-electron chi connectivity index (χ2n) is 13.8. The van der Waals surface area contributed by atoms with Crippen LogP contribution in [0.2, 0.25) is 0 Å². The number of hydrogen-bond donors (Lipinski definition) is 4. The highest BCUT2D eigenvalue weighted by Crippen LogP contribution is 2.36. The number of esters is 2. The van der Waals surface area contributed by atoms with E-state index in [-0.39, 0.29) is 68.1 Å². The highest BCUT2D eigenvalue weighted by atomic mass is 16.6. The molecule has 18 nitrogen and oxygen atoms in total. The summed E-state index contributed by atoms with van der Waals surface area (Å²) in [7, 11) is 2.67. The number of amides is 5. The number of anilines is 2. The summed E-state index contributed by atoms with van der Waals surface area (Å²) in [5.74, 6) is -2.44. The summed E-state index contributed by atoms with van der Waals surface area (Å²) in [6, 6.07) is 6.81. The summed E-state index contributed by atoms with van der Waals surface area (Å²) < 4.78 is 31.6. The molecule has 4 N–H and O–H groups in total. The molecule has 0 radical (unpaired) electrons. The van der Waals surface area contributed by atoms with E-state index in [0.717, 1.165) is 5.57 Å². The first-order chi connectivity index (χ1) is 28.1. The first-order valence-corrected chi connectivity index (χ1v) is 18.8. The normalized spacial score (nSPS) is 14.3. The second kappa shape index (κ2) is 23.0. The van der Waals surface area contributed by atoms with Crippen molar-refractivity contribution in [2.24, 2.45) is 5.92 Å². The van der Waals surface area contributed by atoms with Crippen molar-refractivity contribution in [1.29, 1.82) is 0 Å². The maximum absolute atomic E-state index is 14.0. The maximum atomic E-state index is 14.0. The van der Waals surface area contributed by atoms with Crippen LogP contribution in [0.5, 0.6) is 11.5 Å².